The van der Waals surface area contributed by atoms with Gasteiger partial charge in [0.05, 0.1) is 6.54 Å². The van der Waals surface area contributed by atoms with Crippen LogP contribution in [0.25, 0.3) is 0 Å². The summed E-state index contributed by atoms with van der Waals surface area (Å²) in [5.41, 5.74) is 1.38. The van der Waals surface area contributed by atoms with Gasteiger partial charge in [-0.25, -0.2) is 0 Å². The number of piperidine rings is 1. The van der Waals surface area contributed by atoms with Crippen LogP contribution in [0.3, 0.4) is 0 Å². The summed E-state index contributed by atoms with van der Waals surface area (Å²) in [7, 11) is 3.62. The van der Waals surface area contributed by atoms with Gasteiger partial charge in [0.2, 0.25) is 5.91 Å². The van der Waals surface area contributed by atoms with Crippen LogP contribution in [-0.4, -0.2) is 54.4 Å². The molecule has 1 aromatic heterocycles. The molecule has 2 heterocycles. The molecular weight excluding hydrogens is 226 g/mol. The van der Waals surface area contributed by atoms with Gasteiger partial charge >= 0.3 is 0 Å². The highest BCUT2D eigenvalue weighted by atomic mass is 16.2. The zero-order valence-corrected chi connectivity index (χ0v) is 11.2. The van der Waals surface area contributed by atoms with Gasteiger partial charge in [-0.05, 0) is 49.5 Å². The number of carbonyl (C=O) groups is 1. The van der Waals surface area contributed by atoms with Crippen molar-refractivity contribution in [1.82, 2.24) is 14.8 Å². The summed E-state index contributed by atoms with van der Waals surface area (Å²) >= 11 is 0. The van der Waals surface area contributed by atoms with Crippen LogP contribution in [0.2, 0.25) is 0 Å². The van der Waals surface area contributed by atoms with Crippen molar-refractivity contribution < 1.29 is 4.79 Å². The second kappa shape index (κ2) is 5.96. The lowest BCUT2D eigenvalue weighted by Crippen LogP contribution is -2.40. The molecule has 1 aliphatic rings. The third-order valence-electron chi connectivity index (χ3n) is 3.62. The quantitative estimate of drug-likeness (QED) is 0.809. The molecular formula is C14H21N3O. The van der Waals surface area contributed by atoms with Crippen LogP contribution in [-0.2, 0) is 4.79 Å². The van der Waals surface area contributed by atoms with Gasteiger partial charge in [0.25, 0.3) is 0 Å². The van der Waals surface area contributed by atoms with Crippen molar-refractivity contribution in [2.24, 2.45) is 0 Å². The first-order valence-electron chi connectivity index (χ1n) is 6.49. The predicted molar refractivity (Wildman–Crippen MR) is 71.3 cm³/mol. The van der Waals surface area contributed by atoms with Crippen LogP contribution in [0.4, 0.5) is 0 Å². The Hall–Kier alpha value is -1.42. The third kappa shape index (κ3) is 3.29. The fourth-order valence-electron chi connectivity index (χ4n) is 2.39. The van der Waals surface area contributed by atoms with E-state index in [1.54, 1.807) is 4.90 Å². The number of aromatic nitrogens is 1. The molecule has 0 saturated carbocycles. The van der Waals surface area contributed by atoms with E-state index in [0.29, 0.717) is 12.5 Å². The highest BCUT2D eigenvalue weighted by Gasteiger charge is 2.22. The van der Waals surface area contributed by atoms with Gasteiger partial charge < -0.3 is 4.90 Å². The van der Waals surface area contributed by atoms with Crippen molar-refractivity contribution in [1.29, 1.82) is 0 Å². The van der Waals surface area contributed by atoms with Gasteiger partial charge in [-0.2, -0.15) is 0 Å². The molecule has 0 radical (unpaired) electrons. The fraction of sp³-hybridized carbons (Fsp3) is 0.571. The van der Waals surface area contributed by atoms with E-state index in [9.17, 15) is 4.79 Å². The van der Waals surface area contributed by atoms with Gasteiger partial charge in [0, 0.05) is 26.5 Å². The summed E-state index contributed by atoms with van der Waals surface area (Å²) in [5.74, 6) is 0.816. The zero-order valence-electron chi connectivity index (χ0n) is 11.2. The van der Waals surface area contributed by atoms with Gasteiger partial charge in [0.1, 0.15) is 0 Å². The average molecular weight is 247 g/mol. The minimum Gasteiger partial charge on any atom is -0.348 e. The smallest absolute Gasteiger partial charge is 0.236 e. The molecule has 0 aromatic carbocycles. The van der Waals surface area contributed by atoms with Crippen LogP contribution < -0.4 is 0 Å². The molecule has 4 heteroatoms. The van der Waals surface area contributed by atoms with Gasteiger partial charge in [0.15, 0.2) is 0 Å². The maximum atomic E-state index is 11.6. The zero-order chi connectivity index (χ0) is 13.0. The normalized spacial score (nSPS) is 17.7. The average Bonchev–Trinajstić information content (AvgIpc) is 2.40. The molecule has 18 heavy (non-hydrogen) atoms. The number of likely N-dealkylation sites (tertiary alicyclic amines) is 1. The molecule has 0 aliphatic carbocycles. The Kier molecular flexibility index (Phi) is 4.31. The topological polar surface area (TPSA) is 36.4 Å². The monoisotopic (exact) mass is 247 g/mol. The fourth-order valence-corrected chi connectivity index (χ4v) is 2.39. The molecule has 0 N–H and O–H groups in total. The molecule has 4 nitrogen and oxygen atoms in total. The number of carbonyl (C=O) groups excluding carboxylic acids is 1. The lowest BCUT2D eigenvalue weighted by atomic mass is 9.90. The second-order valence-electron chi connectivity index (χ2n) is 5.12. The first-order chi connectivity index (χ1) is 8.66. The lowest BCUT2D eigenvalue weighted by Gasteiger charge is -2.32. The van der Waals surface area contributed by atoms with Crippen LogP contribution in [0, 0.1) is 0 Å². The number of likely N-dealkylation sites (N-methyl/N-ethyl adjacent to an activating group) is 1. The minimum atomic E-state index is 0.192. The standard InChI is InChI=1S/C14H21N3O/c1-16(2)14(18)11-17-9-5-13(6-10-17)12-3-7-15-8-4-12/h3-4,7-8,13H,5-6,9-11H2,1-2H3. The van der Waals surface area contributed by atoms with E-state index in [4.69, 9.17) is 0 Å². The van der Waals surface area contributed by atoms with Crippen molar-refractivity contribution in [3.8, 4) is 0 Å². The Morgan fingerprint density at radius 3 is 2.50 bits per heavy atom. The van der Waals surface area contributed by atoms with Crippen molar-refractivity contribution in [3.63, 3.8) is 0 Å². The summed E-state index contributed by atoms with van der Waals surface area (Å²) in [6.07, 6.45) is 5.98. The molecule has 0 atom stereocenters. The highest BCUT2D eigenvalue weighted by Crippen LogP contribution is 2.27. The molecule has 1 amide bonds. The van der Waals surface area contributed by atoms with E-state index in [1.807, 2.05) is 26.5 Å². The Balaban J connectivity index is 1.83. The number of amides is 1. The molecule has 0 bridgehead atoms. The molecule has 1 fully saturated rings. The number of pyridine rings is 1. The predicted octanol–water partition coefficient (Wildman–Crippen LogP) is 1.35. The SMILES string of the molecule is CN(C)C(=O)CN1CCC(c2ccncc2)CC1. The number of rotatable bonds is 3. The number of hydrogen-bond acceptors (Lipinski definition) is 3. The molecule has 0 unspecified atom stereocenters. The van der Waals surface area contributed by atoms with Crippen LogP contribution >= 0.6 is 0 Å². The number of nitrogens with zero attached hydrogens (tertiary/aromatic N) is 3. The maximum absolute atomic E-state index is 11.6. The van der Waals surface area contributed by atoms with Crippen molar-refractivity contribution in [2.75, 3.05) is 33.7 Å². The van der Waals surface area contributed by atoms with Crippen LogP contribution in [0.1, 0.15) is 24.3 Å². The summed E-state index contributed by atoms with van der Waals surface area (Å²) in [4.78, 5) is 19.6. The van der Waals surface area contributed by atoms with E-state index >= 15 is 0 Å². The van der Waals surface area contributed by atoms with Crippen molar-refractivity contribution in [3.05, 3.63) is 30.1 Å². The molecule has 1 aromatic rings. The van der Waals surface area contributed by atoms with Gasteiger partial charge in [-0.3, -0.25) is 14.7 Å². The second-order valence-corrected chi connectivity index (χ2v) is 5.12. The summed E-state index contributed by atoms with van der Waals surface area (Å²) < 4.78 is 0. The minimum absolute atomic E-state index is 0.192. The molecule has 2 rings (SSSR count). The van der Waals surface area contributed by atoms with Gasteiger partial charge in [-0.15, -0.1) is 0 Å². The van der Waals surface area contributed by atoms with Crippen molar-refractivity contribution >= 4 is 5.91 Å². The summed E-state index contributed by atoms with van der Waals surface area (Å²) in [5, 5.41) is 0. The Morgan fingerprint density at radius 2 is 1.94 bits per heavy atom. The van der Waals surface area contributed by atoms with E-state index in [1.165, 1.54) is 5.56 Å². The number of hydrogen-bond donors (Lipinski definition) is 0. The summed E-state index contributed by atoms with van der Waals surface area (Å²) in [6.45, 7) is 2.56. The van der Waals surface area contributed by atoms with E-state index in [0.717, 1.165) is 25.9 Å². The third-order valence-corrected chi connectivity index (χ3v) is 3.62. The molecule has 1 saturated heterocycles. The van der Waals surface area contributed by atoms with Crippen LogP contribution in [0.5, 0.6) is 0 Å². The Labute approximate surface area is 109 Å². The van der Waals surface area contributed by atoms with Crippen molar-refractivity contribution in [2.45, 2.75) is 18.8 Å². The first kappa shape index (κ1) is 13.0. The largest absolute Gasteiger partial charge is 0.348 e. The molecule has 1 aliphatic heterocycles. The molecule has 98 valence electrons. The first-order valence-corrected chi connectivity index (χ1v) is 6.49. The summed E-state index contributed by atoms with van der Waals surface area (Å²) in [6, 6.07) is 4.20. The van der Waals surface area contributed by atoms with E-state index in [2.05, 4.69) is 22.0 Å². The highest BCUT2D eigenvalue weighted by molar-refractivity contribution is 5.77. The Morgan fingerprint density at radius 1 is 1.33 bits per heavy atom. The van der Waals surface area contributed by atoms with Crippen LogP contribution in [0.15, 0.2) is 24.5 Å². The van der Waals surface area contributed by atoms with Gasteiger partial charge in [-0.1, -0.05) is 0 Å². The lowest BCUT2D eigenvalue weighted by molar-refractivity contribution is -0.130. The maximum Gasteiger partial charge on any atom is 0.236 e. The Bertz CT molecular complexity index is 383. The van der Waals surface area contributed by atoms with E-state index in [-0.39, 0.29) is 5.91 Å². The van der Waals surface area contributed by atoms with E-state index < -0.39 is 0 Å². The molecule has 0 spiro atoms.